The summed E-state index contributed by atoms with van der Waals surface area (Å²) >= 11 is 0. The molecule has 1 saturated carbocycles. The number of hydrogen-bond acceptors (Lipinski definition) is 3. The highest BCUT2D eigenvalue weighted by Crippen LogP contribution is 2.62. The van der Waals surface area contributed by atoms with Gasteiger partial charge in [0.1, 0.15) is 5.82 Å². The second-order valence-corrected chi connectivity index (χ2v) is 8.50. The minimum absolute atomic E-state index is 0.134. The van der Waals surface area contributed by atoms with Gasteiger partial charge in [-0.15, -0.1) is 0 Å². The van der Waals surface area contributed by atoms with Crippen LogP contribution in [0.2, 0.25) is 0 Å². The van der Waals surface area contributed by atoms with Crippen LogP contribution in [0, 0.1) is 30.6 Å². The zero-order chi connectivity index (χ0) is 17.3. The number of benzene rings is 1. The van der Waals surface area contributed by atoms with Crippen molar-refractivity contribution in [1.82, 2.24) is 14.9 Å². The number of primary amides is 1. The number of fused-ring (bicyclic) bond motifs is 2. The summed E-state index contributed by atoms with van der Waals surface area (Å²) in [5, 5.41) is 0. The van der Waals surface area contributed by atoms with Crippen molar-refractivity contribution >= 4 is 16.9 Å². The Morgan fingerprint density at radius 3 is 2.79 bits per heavy atom. The smallest absolute Gasteiger partial charge is 0.225 e. The largest absolute Gasteiger partial charge is 0.369 e. The molecule has 128 valence electrons. The fourth-order valence-corrected chi connectivity index (χ4v) is 5.09. The molecule has 2 aliphatic rings. The van der Waals surface area contributed by atoms with Crippen LogP contribution in [0.3, 0.4) is 0 Å². The Labute approximate surface area is 142 Å². The molecule has 2 aromatic rings. The standard InChI is InChI=1S/C19H26N4O/c1-11-5-6-13-16(12(11)2)22-15(21-13)8-23-7-14-18(3,4)9-19(14,10-23)17(20)24/h5-6,14H,7-10H2,1-4H3,(H2,20,24)(H,21,22)/t14-,19+/m1/s1. The van der Waals surface area contributed by atoms with Gasteiger partial charge < -0.3 is 10.7 Å². The van der Waals surface area contributed by atoms with Crippen LogP contribution in [0.1, 0.15) is 37.2 Å². The first-order valence-electron chi connectivity index (χ1n) is 8.70. The Bertz CT molecular complexity index is 837. The van der Waals surface area contributed by atoms with Crippen LogP contribution >= 0.6 is 0 Å². The van der Waals surface area contributed by atoms with E-state index in [9.17, 15) is 4.79 Å². The third-order valence-corrected chi connectivity index (χ3v) is 6.42. The highest BCUT2D eigenvalue weighted by atomic mass is 16.1. The number of amides is 1. The van der Waals surface area contributed by atoms with E-state index in [4.69, 9.17) is 10.7 Å². The number of H-pyrrole nitrogens is 1. The summed E-state index contributed by atoms with van der Waals surface area (Å²) in [5.74, 6) is 1.19. The van der Waals surface area contributed by atoms with Gasteiger partial charge in [0, 0.05) is 13.1 Å². The molecule has 24 heavy (non-hydrogen) atoms. The van der Waals surface area contributed by atoms with Crippen LogP contribution in [-0.2, 0) is 11.3 Å². The molecular weight excluding hydrogens is 300 g/mol. The SMILES string of the molecule is Cc1ccc2[nH]c(CN3C[C@@H]4C(C)(C)C[C@]4(C(N)=O)C3)nc2c1C. The number of likely N-dealkylation sites (tertiary alicyclic amines) is 1. The zero-order valence-electron chi connectivity index (χ0n) is 14.9. The first kappa shape index (κ1) is 15.6. The van der Waals surface area contributed by atoms with Gasteiger partial charge in [0.05, 0.1) is 23.0 Å². The van der Waals surface area contributed by atoms with Crippen molar-refractivity contribution in [3.8, 4) is 0 Å². The second-order valence-electron chi connectivity index (χ2n) is 8.50. The molecule has 1 aromatic heterocycles. The number of carbonyl (C=O) groups is 1. The zero-order valence-corrected chi connectivity index (χ0v) is 14.9. The molecule has 2 atom stereocenters. The fourth-order valence-electron chi connectivity index (χ4n) is 5.09. The predicted octanol–water partition coefficient (Wildman–Crippen LogP) is 2.51. The van der Waals surface area contributed by atoms with Crippen molar-refractivity contribution in [3.05, 3.63) is 29.1 Å². The van der Waals surface area contributed by atoms with E-state index in [-0.39, 0.29) is 16.7 Å². The molecule has 2 fully saturated rings. The lowest BCUT2D eigenvalue weighted by Gasteiger charge is -2.54. The number of imidazole rings is 1. The molecule has 0 unspecified atom stereocenters. The quantitative estimate of drug-likeness (QED) is 0.910. The molecule has 1 aliphatic carbocycles. The first-order chi connectivity index (χ1) is 11.2. The summed E-state index contributed by atoms with van der Waals surface area (Å²) in [6, 6.07) is 4.22. The van der Waals surface area contributed by atoms with E-state index in [0.717, 1.165) is 42.9 Å². The van der Waals surface area contributed by atoms with E-state index in [1.807, 2.05) is 0 Å². The van der Waals surface area contributed by atoms with Crippen LogP contribution in [0.5, 0.6) is 0 Å². The molecule has 3 N–H and O–H groups in total. The fraction of sp³-hybridized carbons (Fsp3) is 0.579. The average Bonchev–Trinajstić information content (AvgIpc) is 3.04. The molecular formula is C19H26N4O. The summed E-state index contributed by atoms with van der Waals surface area (Å²) < 4.78 is 0. The number of aryl methyl sites for hydroxylation is 2. The molecule has 0 bridgehead atoms. The van der Waals surface area contributed by atoms with Crippen LogP contribution in [0.25, 0.3) is 11.0 Å². The molecule has 1 aliphatic heterocycles. The maximum absolute atomic E-state index is 12.1. The van der Waals surface area contributed by atoms with Crippen molar-refractivity contribution < 1.29 is 4.79 Å². The molecule has 0 radical (unpaired) electrons. The Morgan fingerprint density at radius 2 is 2.17 bits per heavy atom. The van der Waals surface area contributed by atoms with E-state index in [0.29, 0.717) is 5.92 Å². The van der Waals surface area contributed by atoms with E-state index in [1.165, 1.54) is 11.1 Å². The molecule has 1 saturated heterocycles. The van der Waals surface area contributed by atoms with Gasteiger partial charge in [-0.3, -0.25) is 9.69 Å². The summed E-state index contributed by atoms with van der Waals surface area (Å²) in [6.07, 6.45) is 0.898. The number of hydrogen-bond donors (Lipinski definition) is 2. The first-order valence-corrected chi connectivity index (χ1v) is 8.70. The van der Waals surface area contributed by atoms with E-state index in [2.05, 4.69) is 49.7 Å². The van der Waals surface area contributed by atoms with Gasteiger partial charge >= 0.3 is 0 Å². The van der Waals surface area contributed by atoms with Gasteiger partial charge in [-0.1, -0.05) is 19.9 Å². The number of nitrogens with two attached hydrogens (primary N) is 1. The molecule has 2 heterocycles. The Balaban J connectivity index is 1.59. The number of carbonyl (C=O) groups excluding carboxylic acids is 1. The van der Waals surface area contributed by atoms with Gasteiger partial charge in [0.25, 0.3) is 0 Å². The minimum atomic E-state index is -0.331. The van der Waals surface area contributed by atoms with Crippen LogP contribution in [0.4, 0.5) is 0 Å². The van der Waals surface area contributed by atoms with Crippen molar-refractivity contribution in [3.63, 3.8) is 0 Å². The predicted molar refractivity (Wildman–Crippen MR) is 94.4 cm³/mol. The Morgan fingerprint density at radius 1 is 1.42 bits per heavy atom. The summed E-state index contributed by atoms with van der Waals surface area (Å²) in [6.45, 7) is 11.1. The number of aromatic amines is 1. The molecule has 5 nitrogen and oxygen atoms in total. The molecule has 5 heteroatoms. The van der Waals surface area contributed by atoms with Crippen molar-refractivity contribution in [2.75, 3.05) is 13.1 Å². The average molecular weight is 326 g/mol. The summed E-state index contributed by atoms with van der Waals surface area (Å²) in [5.41, 5.74) is 10.3. The van der Waals surface area contributed by atoms with E-state index in [1.54, 1.807) is 0 Å². The third kappa shape index (κ3) is 2.04. The van der Waals surface area contributed by atoms with Gasteiger partial charge in [-0.2, -0.15) is 0 Å². The molecule has 1 amide bonds. The lowest BCUT2D eigenvalue weighted by atomic mass is 9.48. The van der Waals surface area contributed by atoms with Crippen LogP contribution in [0.15, 0.2) is 12.1 Å². The highest BCUT2D eigenvalue weighted by molar-refractivity contribution is 5.83. The number of nitrogens with one attached hydrogen (secondary N) is 1. The molecule has 4 rings (SSSR count). The number of aromatic nitrogens is 2. The van der Waals surface area contributed by atoms with E-state index < -0.39 is 0 Å². The topological polar surface area (TPSA) is 75.0 Å². The molecule has 0 spiro atoms. The lowest BCUT2D eigenvalue weighted by Crippen LogP contribution is -2.59. The lowest BCUT2D eigenvalue weighted by molar-refractivity contribution is -0.148. The van der Waals surface area contributed by atoms with Gasteiger partial charge in [-0.05, 0) is 48.8 Å². The van der Waals surface area contributed by atoms with Crippen LogP contribution in [-0.4, -0.2) is 33.9 Å². The Kier molecular flexibility index (Phi) is 3.14. The monoisotopic (exact) mass is 326 g/mol. The van der Waals surface area contributed by atoms with Crippen molar-refractivity contribution in [1.29, 1.82) is 0 Å². The maximum atomic E-state index is 12.1. The third-order valence-electron chi connectivity index (χ3n) is 6.42. The number of rotatable bonds is 3. The van der Waals surface area contributed by atoms with Crippen LogP contribution < -0.4 is 5.73 Å². The summed E-state index contributed by atoms with van der Waals surface area (Å²) in [7, 11) is 0. The summed E-state index contributed by atoms with van der Waals surface area (Å²) in [4.78, 5) is 22.6. The van der Waals surface area contributed by atoms with Crippen molar-refractivity contribution in [2.24, 2.45) is 22.5 Å². The number of nitrogens with zero attached hydrogens (tertiary/aromatic N) is 2. The second kappa shape index (κ2) is 4.82. The van der Waals surface area contributed by atoms with Gasteiger partial charge in [-0.25, -0.2) is 4.98 Å². The molecule has 1 aromatic carbocycles. The Hall–Kier alpha value is -1.88. The van der Waals surface area contributed by atoms with Gasteiger partial charge in [0.15, 0.2) is 0 Å². The highest BCUT2D eigenvalue weighted by Gasteiger charge is 2.65. The van der Waals surface area contributed by atoms with E-state index >= 15 is 0 Å². The normalized spacial score (nSPS) is 28.8. The van der Waals surface area contributed by atoms with Gasteiger partial charge in [0.2, 0.25) is 5.91 Å². The van der Waals surface area contributed by atoms with Crippen molar-refractivity contribution in [2.45, 2.75) is 40.7 Å². The minimum Gasteiger partial charge on any atom is -0.369 e. The maximum Gasteiger partial charge on any atom is 0.225 e.